The van der Waals surface area contributed by atoms with Gasteiger partial charge in [0.05, 0.1) is 10.8 Å². The second-order valence-electron chi connectivity index (χ2n) is 19.9. The second-order valence-corrected chi connectivity index (χ2v) is 19.9. The van der Waals surface area contributed by atoms with E-state index in [1.54, 1.807) is 0 Å². The van der Waals surface area contributed by atoms with Crippen molar-refractivity contribution in [2.24, 2.45) is 0 Å². The van der Waals surface area contributed by atoms with Crippen LogP contribution in [0.4, 0.5) is 11.4 Å². The molecule has 0 atom stereocenters. The maximum atomic E-state index is 2.72. The van der Waals surface area contributed by atoms with Crippen LogP contribution in [0.25, 0.3) is 10.8 Å². The van der Waals surface area contributed by atoms with Crippen molar-refractivity contribution in [1.82, 2.24) is 0 Å². The first-order valence-electron chi connectivity index (χ1n) is 23.3. The lowest BCUT2D eigenvalue weighted by Gasteiger charge is -2.41. The molecule has 10 rings (SSSR count). The van der Waals surface area contributed by atoms with Crippen LogP contribution in [0.2, 0.25) is 0 Å². The fraction of sp³-hybridized carbons (Fsp3) is 0.200. The van der Waals surface area contributed by atoms with Crippen LogP contribution in [0, 0.1) is 83.1 Å². The Morgan fingerprint density at radius 2 is 0.562 bits per heavy atom. The lowest BCUT2D eigenvalue weighted by atomic mass is 9.22. The molecule has 0 unspecified atom stereocenters. The lowest BCUT2D eigenvalue weighted by Crippen LogP contribution is -2.74. The molecule has 0 saturated carbocycles. The van der Waals surface area contributed by atoms with Gasteiger partial charge in [0.25, 0.3) is 0 Å². The van der Waals surface area contributed by atoms with Crippen molar-refractivity contribution in [3.8, 4) is 0 Å². The minimum absolute atomic E-state index is 1.22. The van der Waals surface area contributed by atoms with E-state index in [9.17, 15) is 0 Å². The first-order chi connectivity index (χ1) is 30.7. The number of aryl methyl sites for hydroxylation is 12. The highest BCUT2D eigenvalue weighted by Gasteiger charge is 2.54. The summed E-state index contributed by atoms with van der Waals surface area (Å²) in [5.74, 6) is 0. The summed E-state index contributed by atoms with van der Waals surface area (Å²) in [7, 11) is 0. The molecule has 316 valence electrons. The molecule has 0 radical (unpaired) electrons. The molecule has 0 spiro atoms. The molecule has 2 aliphatic rings. The number of benzene rings is 8. The minimum atomic E-state index is -1.72. The van der Waals surface area contributed by atoms with Crippen molar-refractivity contribution < 1.29 is 8.97 Å². The van der Waals surface area contributed by atoms with Gasteiger partial charge in [-0.05, 0) is 95.2 Å². The Kier molecular flexibility index (Phi) is 9.76. The molecule has 2 aliphatic heterocycles. The molecule has 2 nitrogen and oxygen atoms in total. The van der Waals surface area contributed by atoms with E-state index in [1.807, 2.05) is 0 Å². The summed E-state index contributed by atoms with van der Waals surface area (Å²) in [6, 6.07) is 51.7. The molecule has 8 aromatic rings. The number of rotatable bonds is 6. The van der Waals surface area contributed by atoms with Gasteiger partial charge in [-0.1, -0.05) is 176 Å². The molecule has 0 N–H and O–H groups in total. The van der Waals surface area contributed by atoms with Gasteiger partial charge in [0, 0.05) is 23.3 Å². The Morgan fingerprint density at radius 3 is 0.844 bits per heavy atom. The van der Waals surface area contributed by atoms with Crippen LogP contribution in [0.5, 0.6) is 0 Å². The quantitative estimate of drug-likeness (QED) is 0.147. The summed E-state index contributed by atoms with van der Waals surface area (Å²) in [4.78, 5) is 0. The fourth-order valence-electron chi connectivity index (χ4n) is 14.0. The highest BCUT2D eigenvalue weighted by molar-refractivity contribution is 7.09. The predicted molar refractivity (Wildman–Crippen MR) is 279 cm³/mol. The highest BCUT2D eigenvalue weighted by Crippen LogP contribution is 2.39. The zero-order valence-corrected chi connectivity index (χ0v) is 39.9. The number of hydrogen-bond donors (Lipinski definition) is 0. The Balaban J connectivity index is 1.33. The van der Waals surface area contributed by atoms with Crippen molar-refractivity contribution in [2.75, 3.05) is 0 Å². The molecule has 4 heteroatoms. The molecule has 0 aliphatic carbocycles. The van der Waals surface area contributed by atoms with Crippen LogP contribution in [0.3, 0.4) is 0 Å². The van der Waals surface area contributed by atoms with E-state index < -0.39 is 12.6 Å². The smallest absolute Gasteiger partial charge is 0.362 e. The normalized spacial score (nSPS) is 14.7. The van der Waals surface area contributed by atoms with Crippen molar-refractivity contribution in [1.29, 1.82) is 0 Å². The van der Waals surface area contributed by atoms with E-state index in [1.165, 1.54) is 133 Å². The van der Waals surface area contributed by atoms with Crippen LogP contribution in [-0.4, -0.2) is 34.0 Å². The first-order valence-corrected chi connectivity index (χ1v) is 23.3. The fourth-order valence-corrected chi connectivity index (χ4v) is 14.0. The monoisotopic (exact) mass is 830 g/mol. The first kappa shape index (κ1) is 41.5. The molecule has 8 aromatic carbocycles. The van der Waals surface area contributed by atoms with Crippen molar-refractivity contribution in [2.45, 2.75) is 83.1 Å². The van der Waals surface area contributed by atoms with Crippen LogP contribution < -0.4 is 32.8 Å². The lowest BCUT2D eigenvalue weighted by molar-refractivity contribution is -0.279. The molecular formula is C60H60B2N2. The van der Waals surface area contributed by atoms with E-state index in [2.05, 4.69) is 238 Å². The third-order valence-corrected chi connectivity index (χ3v) is 15.3. The molecule has 0 bridgehead atoms. The van der Waals surface area contributed by atoms with Crippen molar-refractivity contribution in [3.05, 3.63) is 211 Å². The summed E-state index contributed by atoms with van der Waals surface area (Å²) >= 11 is 0. The van der Waals surface area contributed by atoms with Gasteiger partial charge < -0.3 is 8.97 Å². The Hall–Kier alpha value is -6.51. The summed E-state index contributed by atoms with van der Waals surface area (Å²) in [6.07, 6.45) is 1.51. The third-order valence-electron chi connectivity index (χ3n) is 15.3. The topological polar surface area (TPSA) is 6.02 Å². The second kappa shape index (κ2) is 15.1. The maximum absolute atomic E-state index is 2.72. The number of nitrogens with zero attached hydrogens (tertiary/aromatic N) is 2. The molecule has 0 saturated heterocycles. The van der Waals surface area contributed by atoms with Crippen molar-refractivity contribution in [3.63, 3.8) is 0 Å². The predicted octanol–water partition coefficient (Wildman–Crippen LogP) is 10.0. The van der Waals surface area contributed by atoms with Crippen LogP contribution in [-0.2, 0) is 0 Å². The van der Waals surface area contributed by atoms with Gasteiger partial charge in [-0.3, -0.25) is 0 Å². The molecule has 0 aromatic heterocycles. The van der Waals surface area contributed by atoms with Crippen molar-refractivity contribution >= 4 is 79.9 Å². The van der Waals surface area contributed by atoms with Gasteiger partial charge in [-0.2, -0.15) is 0 Å². The third kappa shape index (κ3) is 5.87. The molecule has 64 heavy (non-hydrogen) atoms. The minimum Gasteiger partial charge on any atom is -0.408 e. The van der Waals surface area contributed by atoms with E-state index in [-0.39, 0.29) is 0 Å². The van der Waals surface area contributed by atoms with Gasteiger partial charge in [-0.15, -0.1) is 32.8 Å². The zero-order chi connectivity index (χ0) is 45.0. The average Bonchev–Trinajstić information content (AvgIpc) is 3.73. The largest absolute Gasteiger partial charge is 0.408 e. The standard InChI is InChI=1S/C60H60B2N2/c1-37-27-41(5)57(42(6)28-37)61(58-43(7)29-38(2)30-44(58)8)53-23-15-13-19-49(53)35-63(61)55-25-17-22-52-51(55)21-18-26-56(52)64-36-50-20-14-16-24-54(50)62(64,59-45(9)31-39(3)32-46(59)10)60-47(11)33-40(4)34-48(60)12/h13-36H,1-12H3. The van der Waals surface area contributed by atoms with Gasteiger partial charge in [0.15, 0.2) is 11.4 Å². The molecule has 2 heterocycles. The number of hydrogen-bond acceptors (Lipinski definition) is 0. The van der Waals surface area contributed by atoms with Crippen LogP contribution >= 0.6 is 0 Å². The van der Waals surface area contributed by atoms with Gasteiger partial charge in [0.1, 0.15) is 12.4 Å². The molecule has 0 fully saturated rings. The van der Waals surface area contributed by atoms with E-state index >= 15 is 0 Å². The average molecular weight is 831 g/mol. The van der Waals surface area contributed by atoms with Crippen LogP contribution in [0.15, 0.2) is 133 Å². The summed E-state index contributed by atoms with van der Waals surface area (Å²) < 4.78 is 5.44. The van der Waals surface area contributed by atoms with E-state index in [4.69, 9.17) is 0 Å². The van der Waals surface area contributed by atoms with Gasteiger partial charge in [0.2, 0.25) is 0 Å². The summed E-state index contributed by atoms with van der Waals surface area (Å²) in [5, 5.41) is 2.48. The Morgan fingerprint density at radius 1 is 0.297 bits per heavy atom. The Labute approximate surface area is 381 Å². The Bertz CT molecular complexity index is 2930. The van der Waals surface area contributed by atoms with Gasteiger partial charge in [-0.25, -0.2) is 0 Å². The molecule has 0 amide bonds. The number of fused-ring (bicyclic) bond motifs is 3. The summed E-state index contributed by atoms with van der Waals surface area (Å²) in [6.45, 7) is 27.6. The van der Waals surface area contributed by atoms with E-state index in [0.29, 0.717) is 0 Å². The van der Waals surface area contributed by atoms with Gasteiger partial charge >= 0.3 is 12.6 Å². The van der Waals surface area contributed by atoms with Crippen LogP contribution in [0.1, 0.15) is 77.9 Å². The zero-order valence-electron chi connectivity index (χ0n) is 39.9. The highest BCUT2D eigenvalue weighted by atomic mass is 15.0. The summed E-state index contributed by atoms with van der Waals surface area (Å²) in [5.41, 5.74) is 29.2. The SMILES string of the molecule is Cc1cc(C)c([B-]2(c3c(C)cc(C)cc3C)c3ccccc3C=[N+]2c2cccc3c([N+]4=Cc5ccccc5[B-]4(c4c(C)cc(C)cc4C)c4c(C)cc(C)cc4C)cccc23)c(C)c1. The maximum Gasteiger partial charge on any atom is 0.362 e. The molecular weight excluding hydrogens is 770 g/mol. The van der Waals surface area contributed by atoms with E-state index in [0.717, 1.165) is 0 Å².